The fourth-order valence-electron chi connectivity index (χ4n) is 2.45. The first-order chi connectivity index (χ1) is 12.3. The van der Waals surface area contributed by atoms with Gasteiger partial charge in [-0.1, -0.05) is 11.6 Å². The maximum absolute atomic E-state index is 12.9. The predicted octanol–water partition coefficient (Wildman–Crippen LogP) is 3.94. The zero-order valence-corrected chi connectivity index (χ0v) is 17.1. The van der Waals surface area contributed by atoms with Crippen LogP contribution in [0.1, 0.15) is 26.6 Å². The Bertz CT molecular complexity index is 685. The van der Waals surface area contributed by atoms with Gasteiger partial charge in [-0.3, -0.25) is 0 Å². The van der Waals surface area contributed by atoms with Gasteiger partial charge in [0.2, 0.25) is 5.82 Å². The number of carbonyl (C=O) groups excluding carboxylic acids is 1. The van der Waals surface area contributed by atoms with Crippen LogP contribution in [0.2, 0.25) is 5.15 Å². The molecule has 0 N–H and O–H groups in total. The molecular formula is C16H22ClF3N4O2S. The highest BCUT2D eigenvalue weighted by Crippen LogP contribution is 2.29. The molecule has 0 aromatic carbocycles. The maximum Gasteiger partial charge on any atom is 0.451 e. The van der Waals surface area contributed by atoms with Crippen molar-refractivity contribution in [2.45, 2.75) is 37.8 Å². The van der Waals surface area contributed by atoms with Crippen molar-refractivity contribution >= 4 is 35.3 Å². The van der Waals surface area contributed by atoms with Crippen molar-refractivity contribution in [1.29, 1.82) is 0 Å². The summed E-state index contributed by atoms with van der Waals surface area (Å²) in [5.41, 5.74) is -0.584. The van der Waals surface area contributed by atoms with Gasteiger partial charge in [0.15, 0.2) is 0 Å². The summed E-state index contributed by atoms with van der Waals surface area (Å²) in [5, 5.41) is -0.273. The largest absolute Gasteiger partial charge is 0.451 e. The van der Waals surface area contributed by atoms with Crippen molar-refractivity contribution < 1.29 is 22.7 Å². The summed E-state index contributed by atoms with van der Waals surface area (Å²) in [6.07, 6.45) is -5.06. The van der Waals surface area contributed by atoms with Gasteiger partial charge in [-0.15, -0.1) is 0 Å². The predicted molar refractivity (Wildman–Crippen MR) is 99.4 cm³/mol. The van der Waals surface area contributed by atoms with E-state index in [0.29, 0.717) is 19.6 Å². The highest BCUT2D eigenvalue weighted by molar-refractivity contribution is 8.00. The second-order valence-electron chi connectivity index (χ2n) is 7.17. The normalized spacial score (nSPS) is 18.4. The summed E-state index contributed by atoms with van der Waals surface area (Å²) in [5.74, 6) is -0.475. The fraction of sp³-hybridized carbons (Fsp3) is 0.688. The van der Waals surface area contributed by atoms with E-state index in [1.807, 2.05) is 0 Å². The highest BCUT2D eigenvalue weighted by Gasteiger charge is 2.36. The van der Waals surface area contributed by atoms with Crippen LogP contribution in [-0.2, 0) is 10.9 Å². The lowest BCUT2D eigenvalue weighted by atomic mass is 10.2. The number of ether oxygens (including phenoxy) is 1. The first-order valence-electron chi connectivity index (χ1n) is 8.27. The minimum absolute atomic E-state index is 0.000606. The standard InChI is InChI=1S/C16H22ClF3N4O2S/c1-15(2,3)26-14(25)24-5-6-27-10(9-24)8-23(4)12-7-11(17)21-13(22-12)16(18,19)20/h7,10H,5-6,8-9H2,1-4H3. The Morgan fingerprint density at radius 1 is 1.41 bits per heavy atom. The van der Waals surface area contributed by atoms with E-state index in [1.54, 1.807) is 49.4 Å². The smallest absolute Gasteiger partial charge is 0.444 e. The van der Waals surface area contributed by atoms with Gasteiger partial charge < -0.3 is 14.5 Å². The van der Waals surface area contributed by atoms with E-state index in [4.69, 9.17) is 16.3 Å². The van der Waals surface area contributed by atoms with Crippen LogP contribution in [0, 0.1) is 0 Å². The molecule has 1 amide bonds. The average molecular weight is 427 g/mol. The molecule has 2 rings (SSSR count). The van der Waals surface area contributed by atoms with Crippen LogP contribution >= 0.6 is 23.4 Å². The monoisotopic (exact) mass is 426 g/mol. The molecular weight excluding hydrogens is 405 g/mol. The molecule has 1 atom stereocenters. The molecule has 1 aliphatic rings. The molecule has 0 aliphatic carbocycles. The van der Waals surface area contributed by atoms with Crippen molar-refractivity contribution in [2.75, 3.05) is 37.3 Å². The lowest BCUT2D eigenvalue weighted by Crippen LogP contribution is -2.47. The molecule has 0 spiro atoms. The van der Waals surface area contributed by atoms with Gasteiger partial charge in [0.1, 0.15) is 16.6 Å². The van der Waals surface area contributed by atoms with E-state index in [-0.39, 0.29) is 22.3 Å². The Morgan fingerprint density at radius 3 is 2.67 bits per heavy atom. The molecule has 1 aromatic rings. The highest BCUT2D eigenvalue weighted by atomic mass is 35.5. The number of alkyl halides is 3. The summed E-state index contributed by atoms with van der Waals surface area (Å²) >= 11 is 7.37. The Balaban J connectivity index is 2.04. The molecule has 1 aliphatic heterocycles. The third-order valence-corrected chi connectivity index (χ3v) is 4.98. The van der Waals surface area contributed by atoms with Crippen molar-refractivity contribution in [1.82, 2.24) is 14.9 Å². The Hall–Kier alpha value is -1.42. The molecule has 11 heteroatoms. The summed E-state index contributed by atoms with van der Waals surface area (Å²) in [4.78, 5) is 22.2. The van der Waals surface area contributed by atoms with Crippen LogP contribution < -0.4 is 4.90 Å². The summed E-state index contributed by atoms with van der Waals surface area (Å²) < 4.78 is 44.0. The van der Waals surface area contributed by atoms with Crippen molar-refractivity contribution in [3.63, 3.8) is 0 Å². The second kappa shape index (κ2) is 8.30. The number of thioether (sulfide) groups is 1. The molecule has 0 saturated carbocycles. The minimum atomic E-state index is -4.67. The lowest BCUT2D eigenvalue weighted by Gasteiger charge is -2.35. The van der Waals surface area contributed by atoms with Gasteiger partial charge in [-0.2, -0.15) is 24.9 Å². The second-order valence-corrected chi connectivity index (χ2v) is 8.97. The quantitative estimate of drug-likeness (QED) is 0.682. The van der Waals surface area contributed by atoms with E-state index >= 15 is 0 Å². The third kappa shape index (κ3) is 6.60. The molecule has 27 heavy (non-hydrogen) atoms. The fourth-order valence-corrected chi connectivity index (χ4v) is 3.90. The van der Waals surface area contributed by atoms with Gasteiger partial charge in [-0.25, -0.2) is 14.8 Å². The lowest BCUT2D eigenvalue weighted by molar-refractivity contribution is -0.144. The number of aromatic nitrogens is 2. The Kier molecular flexibility index (Phi) is 6.72. The number of hydrogen-bond donors (Lipinski definition) is 0. The minimum Gasteiger partial charge on any atom is -0.444 e. The van der Waals surface area contributed by atoms with Crippen LogP contribution in [-0.4, -0.2) is 64.2 Å². The van der Waals surface area contributed by atoms with Gasteiger partial charge in [0.25, 0.3) is 0 Å². The van der Waals surface area contributed by atoms with Crippen LogP contribution in [0.15, 0.2) is 6.07 Å². The third-order valence-electron chi connectivity index (χ3n) is 3.59. The van der Waals surface area contributed by atoms with Crippen molar-refractivity contribution in [3.8, 4) is 0 Å². The zero-order valence-electron chi connectivity index (χ0n) is 15.5. The number of nitrogens with zero attached hydrogens (tertiary/aromatic N) is 4. The molecule has 2 heterocycles. The summed E-state index contributed by atoms with van der Waals surface area (Å²) in [6.45, 7) is 6.80. The van der Waals surface area contributed by atoms with E-state index in [9.17, 15) is 18.0 Å². The van der Waals surface area contributed by atoms with Crippen LogP contribution in [0.4, 0.5) is 23.8 Å². The van der Waals surface area contributed by atoms with E-state index in [1.165, 1.54) is 6.07 Å². The number of hydrogen-bond acceptors (Lipinski definition) is 6. The molecule has 1 unspecified atom stereocenters. The van der Waals surface area contributed by atoms with Gasteiger partial charge in [-0.05, 0) is 20.8 Å². The first kappa shape index (κ1) is 21.9. The van der Waals surface area contributed by atoms with E-state index < -0.39 is 17.6 Å². The van der Waals surface area contributed by atoms with Crippen LogP contribution in [0.5, 0.6) is 0 Å². The first-order valence-corrected chi connectivity index (χ1v) is 9.70. The SMILES string of the molecule is CN(CC1CN(C(=O)OC(C)(C)C)CCS1)c1cc(Cl)nc(C(F)(F)F)n1. The Morgan fingerprint density at radius 2 is 2.07 bits per heavy atom. The summed E-state index contributed by atoms with van der Waals surface area (Å²) in [7, 11) is 1.63. The zero-order chi connectivity index (χ0) is 20.4. The molecule has 6 nitrogen and oxygen atoms in total. The number of anilines is 1. The number of amides is 1. The molecule has 152 valence electrons. The van der Waals surface area contributed by atoms with Gasteiger partial charge in [0, 0.05) is 43.8 Å². The van der Waals surface area contributed by atoms with Crippen LogP contribution in [0.3, 0.4) is 0 Å². The van der Waals surface area contributed by atoms with E-state index in [0.717, 1.165) is 5.75 Å². The number of rotatable bonds is 3. The van der Waals surface area contributed by atoms with Gasteiger partial charge in [0.05, 0.1) is 0 Å². The molecule has 1 saturated heterocycles. The topological polar surface area (TPSA) is 58.6 Å². The van der Waals surface area contributed by atoms with Gasteiger partial charge >= 0.3 is 12.3 Å². The molecule has 0 radical (unpaired) electrons. The average Bonchev–Trinajstić information content (AvgIpc) is 2.52. The number of halogens is 4. The van der Waals surface area contributed by atoms with Crippen LogP contribution in [0.25, 0.3) is 0 Å². The van der Waals surface area contributed by atoms with Crippen molar-refractivity contribution in [2.24, 2.45) is 0 Å². The maximum atomic E-state index is 12.9. The molecule has 0 bridgehead atoms. The van der Waals surface area contributed by atoms with Crippen molar-refractivity contribution in [3.05, 3.63) is 17.0 Å². The summed E-state index contributed by atoms with van der Waals surface area (Å²) in [6, 6.07) is 1.29. The Labute approximate surface area is 165 Å². The number of carbonyl (C=O) groups is 1. The molecule has 1 aromatic heterocycles. The molecule has 1 fully saturated rings. The van der Waals surface area contributed by atoms with E-state index in [2.05, 4.69) is 9.97 Å².